The number of carbonyl (C=O) groups is 1. The van der Waals surface area contributed by atoms with Crippen LogP contribution in [0.2, 0.25) is 10.0 Å². The second-order valence-electron chi connectivity index (χ2n) is 6.01. The molecule has 0 bridgehead atoms. The molecule has 8 heteroatoms. The van der Waals surface area contributed by atoms with Crippen LogP contribution in [0.15, 0.2) is 53.4 Å². The maximum absolute atomic E-state index is 13.1. The van der Waals surface area contributed by atoms with Crippen molar-refractivity contribution in [2.45, 2.75) is 31.1 Å². The summed E-state index contributed by atoms with van der Waals surface area (Å²) in [5, 5.41) is 3.33. The molecule has 0 aliphatic heterocycles. The Morgan fingerprint density at radius 2 is 1.67 bits per heavy atom. The van der Waals surface area contributed by atoms with Crippen molar-refractivity contribution < 1.29 is 13.2 Å². The maximum Gasteiger partial charge on any atom is 0.264 e. The first kappa shape index (κ1) is 21.5. The van der Waals surface area contributed by atoms with E-state index in [1.54, 1.807) is 18.2 Å². The SMILES string of the molecule is CCCCCNC(=O)CN(c1cc(Cl)cc(Cl)c1)S(=O)(=O)c1ccccc1. The van der Waals surface area contributed by atoms with Gasteiger partial charge in [-0.3, -0.25) is 9.10 Å². The summed E-state index contributed by atoms with van der Waals surface area (Å²) in [6, 6.07) is 12.4. The van der Waals surface area contributed by atoms with Crippen molar-refractivity contribution in [3.8, 4) is 0 Å². The van der Waals surface area contributed by atoms with Gasteiger partial charge in [-0.25, -0.2) is 8.42 Å². The van der Waals surface area contributed by atoms with Gasteiger partial charge in [-0.15, -0.1) is 0 Å². The molecule has 1 amide bonds. The van der Waals surface area contributed by atoms with Gasteiger partial charge in [0.25, 0.3) is 10.0 Å². The van der Waals surface area contributed by atoms with Crippen LogP contribution in [-0.2, 0) is 14.8 Å². The fourth-order valence-electron chi connectivity index (χ4n) is 2.51. The third kappa shape index (κ3) is 6.13. The van der Waals surface area contributed by atoms with Gasteiger partial charge in [0.15, 0.2) is 0 Å². The van der Waals surface area contributed by atoms with Crippen LogP contribution < -0.4 is 9.62 Å². The zero-order valence-electron chi connectivity index (χ0n) is 15.0. The normalized spacial score (nSPS) is 11.2. The van der Waals surface area contributed by atoms with Crippen LogP contribution in [-0.4, -0.2) is 27.4 Å². The molecule has 1 N–H and O–H groups in total. The van der Waals surface area contributed by atoms with Gasteiger partial charge in [-0.2, -0.15) is 0 Å². The number of sulfonamides is 1. The molecule has 0 aliphatic rings. The van der Waals surface area contributed by atoms with Crippen molar-refractivity contribution in [1.29, 1.82) is 0 Å². The summed E-state index contributed by atoms with van der Waals surface area (Å²) in [6.07, 6.45) is 2.87. The van der Waals surface area contributed by atoms with E-state index in [2.05, 4.69) is 12.2 Å². The number of amides is 1. The molecule has 0 aromatic heterocycles. The van der Waals surface area contributed by atoms with Crippen molar-refractivity contribution in [3.63, 3.8) is 0 Å². The van der Waals surface area contributed by atoms with E-state index in [1.165, 1.54) is 30.3 Å². The lowest BCUT2D eigenvalue weighted by atomic mass is 10.2. The standard InChI is InChI=1S/C19H22Cl2N2O3S/c1-2-3-7-10-22-19(24)14-23(17-12-15(20)11-16(21)13-17)27(25,26)18-8-5-4-6-9-18/h4-6,8-9,11-13H,2-3,7,10,14H2,1H3,(H,22,24). The van der Waals surface area contributed by atoms with Crippen molar-refractivity contribution in [3.05, 3.63) is 58.6 Å². The first-order valence-electron chi connectivity index (χ1n) is 8.65. The zero-order chi connectivity index (χ0) is 19.9. The van der Waals surface area contributed by atoms with E-state index in [-0.39, 0.29) is 33.1 Å². The number of unbranched alkanes of at least 4 members (excludes halogenated alkanes) is 2. The van der Waals surface area contributed by atoms with Crippen molar-refractivity contribution >= 4 is 44.8 Å². The molecule has 0 saturated heterocycles. The summed E-state index contributed by atoms with van der Waals surface area (Å²) in [4.78, 5) is 12.4. The predicted molar refractivity (Wildman–Crippen MR) is 110 cm³/mol. The highest BCUT2D eigenvalue weighted by molar-refractivity contribution is 7.92. The fourth-order valence-corrected chi connectivity index (χ4v) is 4.45. The Labute approximate surface area is 170 Å². The maximum atomic E-state index is 13.1. The molecule has 27 heavy (non-hydrogen) atoms. The fraction of sp³-hybridized carbons (Fsp3) is 0.316. The van der Waals surface area contributed by atoms with E-state index in [0.29, 0.717) is 6.54 Å². The second kappa shape index (κ2) is 9.97. The van der Waals surface area contributed by atoms with Crippen LogP contribution in [0.3, 0.4) is 0 Å². The molecule has 2 rings (SSSR count). The summed E-state index contributed by atoms with van der Waals surface area (Å²) in [5.41, 5.74) is 0.236. The topological polar surface area (TPSA) is 66.5 Å². The molecular weight excluding hydrogens is 407 g/mol. The van der Waals surface area contributed by atoms with Crippen LogP contribution in [0.4, 0.5) is 5.69 Å². The number of carbonyl (C=O) groups excluding carboxylic acids is 1. The molecule has 0 radical (unpaired) electrons. The lowest BCUT2D eigenvalue weighted by Crippen LogP contribution is -2.41. The highest BCUT2D eigenvalue weighted by Gasteiger charge is 2.27. The summed E-state index contributed by atoms with van der Waals surface area (Å²) >= 11 is 12.1. The number of nitrogens with zero attached hydrogens (tertiary/aromatic N) is 1. The Balaban J connectivity index is 2.33. The monoisotopic (exact) mass is 428 g/mol. The Morgan fingerprint density at radius 3 is 2.26 bits per heavy atom. The van der Waals surface area contributed by atoms with Crippen LogP contribution in [0.5, 0.6) is 0 Å². The van der Waals surface area contributed by atoms with Gasteiger partial charge in [0.2, 0.25) is 5.91 Å². The van der Waals surface area contributed by atoms with Crippen molar-refractivity contribution in [2.24, 2.45) is 0 Å². The Kier molecular flexibility index (Phi) is 7.95. The number of rotatable bonds is 9. The lowest BCUT2D eigenvalue weighted by molar-refractivity contribution is -0.119. The minimum Gasteiger partial charge on any atom is -0.355 e. The highest BCUT2D eigenvalue weighted by Crippen LogP contribution is 2.29. The summed E-state index contributed by atoms with van der Waals surface area (Å²) in [6.45, 7) is 2.21. The third-order valence-corrected chi connectivity index (χ3v) is 6.08. The molecule has 5 nitrogen and oxygen atoms in total. The van der Waals surface area contributed by atoms with Crippen LogP contribution in [0.25, 0.3) is 0 Å². The summed E-state index contributed by atoms with van der Waals surface area (Å²) in [7, 11) is -3.96. The Hall–Kier alpha value is -1.76. The van der Waals surface area contributed by atoms with Crippen molar-refractivity contribution in [2.75, 3.05) is 17.4 Å². The van der Waals surface area contributed by atoms with Crippen LogP contribution in [0, 0.1) is 0 Å². The molecular formula is C19H22Cl2N2O3S. The summed E-state index contributed by atoms with van der Waals surface area (Å²) < 4.78 is 27.3. The van der Waals surface area contributed by atoms with E-state index in [1.807, 2.05) is 0 Å². The van der Waals surface area contributed by atoms with E-state index in [4.69, 9.17) is 23.2 Å². The minimum absolute atomic E-state index is 0.0832. The van der Waals surface area contributed by atoms with E-state index < -0.39 is 10.0 Å². The molecule has 0 atom stereocenters. The van der Waals surface area contributed by atoms with Gasteiger partial charge < -0.3 is 5.32 Å². The molecule has 0 saturated carbocycles. The molecule has 0 spiro atoms. The minimum atomic E-state index is -3.96. The molecule has 0 aliphatic carbocycles. The van der Waals surface area contributed by atoms with Gasteiger partial charge in [0.05, 0.1) is 10.6 Å². The van der Waals surface area contributed by atoms with Crippen LogP contribution in [0.1, 0.15) is 26.2 Å². The molecule has 2 aromatic carbocycles. The zero-order valence-corrected chi connectivity index (χ0v) is 17.3. The third-order valence-electron chi connectivity index (χ3n) is 3.86. The van der Waals surface area contributed by atoms with Gasteiger partial charge in [0.1, 0.15) is 6.54 Å². The predicted octanol–water partition coefficient (Wildman–Crippen LogP) is 4.50. The molecule has 2 aromatic rings. The van der Waals surface area contributed by atoms with Gasteiger partial charge in [0, 0.05) is 16.6 Å². The smallest absolute Gasteiger partial charge is 0.264 e. The molecule has 0 fully saturated rings. The summed E-state index contributed by atoms with van der Waals surface area (Å²) in [5.74, 6) is -0.387. The van der Waals surface area contributed by atoms with E-state index in [0.717, 1.165) is 23.6 Å². The largest absolute Gasteiger partial charge is 0.355 e. The second-order valence-corrected chi connectivity index (χ2v) is 8.74. The number of nitrogens with one attached hydrogen (secondary N) is 1. The highest BCUT2D eigenvalue weighted by atomic mass is 35.5. The number of halogens is 2. The number of hydrogen-bond acceptors (Lipinski definition) is 3. The number of benzene rings is 2. The molecule has 0 unspecified atom stereocenters. The van der Waals surface area contributed by atoms with Gasteiger partial charge in [-0.05, 0) is 36.8 Å². The number of anilines is 1. The van der Waals surface area contributed by atoms with Crippen LogP contribution >= 0.6 is 23.2 Å². The molecule has 0 heterocycles. The van der Waals surface area contributed by atoms with Gasteiger partial charge in [-0.1, -0.05) is 61.2 Å². The quantitative estimate of drug-likeness (QED) is 0.597. The number of hydrogen-bond donors (Lipinski definition) is 1. The Morgan fingerprint density at radius 1 is 1.04 bits per heavy atom. The first-order valence-corrected chi connectivity index (χ1v) is 10.8. The Bertz CT molecular complexity index is 854. The lowest BCUT2D eigenvalue weighted by Gasteiger charge is -2.24. The molecule has 146 valence electrons. The van der Waals surface area contributed by atoms with E-state index in [9.17, 15) is 13.2 Å². The first-order chi connectivity index (χ1) is 12.8. The average Bonchev–Trinajstić information content (AvgIpc) is 2.63. The van der Waals surface area contributed by atoms with Gasteiger partial charge >= 0.3 is 0 Å². The van der Waals surface area contributed by atoms with E-state index >= 15 is 0 Å². The average molecular weight is 429 g/mol. The van der Waals surface area contributed by atoms with Crippen molar-refractivity contribution in [1.82, 2.24) is 5.32 Å².